The number of anilines is 1. The van der Waals surface area contributed by atoms with E-state index in [9.17, 15) is 14.2 Å². The summed E-state index contributed by atoms with van der Waals surface area (Å²) in [5.74, 6) is 0.585. The Morgan fingerprint density at radius 2 is 1.49 bits per heavy atom. The van der Waals surface area contributed by atoms with Gasteiger partial charge in [0.15, 0.2) is 25.7 Å². The maximum Gasteiger partial charge on any atom is 0.319 e. The molecule has 3 aromatic carbocycles. The van der Waals surface area contributed by atoms with Crippen LogP contribution in [0.15, 0.2) is 90.0 Å². The number of imidazole rings is 1. The molecule has 1 fully saturated rings. The number of carbonyl (C=O) groups is 1. The van der Waals surface area contributed by atoms with Gasteiger partial charge < -0.3 is 32.4 Å². The van der Waals surface area contributed by atoms with Crippen LogP contribution in [0.25, 0.3) is 11.2 Å². The molecule has 0 spiro atoms. The van der Waals surface area contributed by atoms with E-state index in [2.05, 4.69) is 54.1 Å². The Hall–Kier alpha value is -4.67. The molecule has 2 unspecified atom stereocenters. The number of H-pyrrole nitrogens is 1. The second-order valence-electron chi connectivity index (χ2n) is 16.1. The second kappa shape index (κ2) is 17.9. The molecule has 1 amide bonds. The van der Waals surface area contributed by atoms with Gasteiger partial charge in [-0.2, -0.15) is 4.98 Å². The fourth-order valence-corrected chi connectivity index (χ4v) is 8.61. The van der Waals surface area contributed by atoms with Crippen LogP contribution in [0.1, 0.15) is 57.5 Å². The summed E-state index contributed by atoms with van der Waals surface area (Å²) < 4.78 is 58.8. The molecule has 15 nitrogen and oxygen atoms in total. The van der Waals surface area contributed by atoms with Crippen molar-refractivity contribution in [3.8, 4) is 11.5 Å². The van der Waals surface area contributed by atoms with E-state index < -0.39 is 52.3 Å². The number of hydrogen-bond acceptors (Lipinski definition) is 12. The zero-order valence-corrected chi connectivity index (χ0v) is 37.1. The molecule has 0 aliphatic carbocycles. The highest BCUT2D eigenvalue weighted by Gasteiger charge is 2.53. The van der Waals surface area contributed by atoms with Crippen molar-refractivity contribution in [1.29, 1.82) is 0 Å². The number of benzene rings is 3. The van der Waals surface area contributed by atoms with Crippen molar-refractivity contribution >= 4 is 39.6 Å². The Balaban J connectivity index is 1.51. The van der Waals surface area contributed by atoms with Gasteiger partial charge in [0.2, 0.25) is 11.9 Å². The average Bonchev–Trinajstić information content (AvgIpc) is 3.79. The van der Waals surface area contributed by atoms with Crippen molar-refractivity contribution in [2.75, 3.05) is 33.3 Å². The van der Waals surface area contributed by atoms with Crippen LogP contribution in [0.4, 0.5) is 5.95 Å². The predicted octanol–water partition coefficient (Wildman–Crippen LogP) is 7.45. The van der Waals surface area contributed by atoms with Crippen molar-refractivity contribution in [2.45, 2.75) is 82.9 Å². The van der Waals surface area contributed by atoms with Gasteiger partial charge in [0.1, 0.15) is 35.4 Å². The van der Waals surface area contributed by atoms with Gasteiger partial charge in [-0.1, -0.05) is 89.2 Å². The van der Waals surface area contributed by atoms with Gasteiger partial charge in [-0.15, -0.1) is 0 Å². The summed E-state index contributed by atoms with van der Waals surface area (Å²) in [4.78, 5) is 37.6. The van der Waals surface area contributed by atoms with Gasteiger partial charge in [-0.25, -0.2) is 4.98 Å². The summed E-state index contributed by atoms with van der Waals surface area (Å²) in [6, 6.07) is 25.1. The molecule has 1 aliphatic heterocycles. The lowest BCUT2D eigenvalue weighted by Gasteiger charge is -2.40. The first-order valence-corrected chi connectivity index (χ1v) is 23.5. The normalized spacial score (nSPS) is 19.2. The standard InChI is InChI=1S/C42H54N5O10PSi/c1-26(2)37(48)45-40-44-36-33(38(49)46-40)43-25-47(36)39-35(57-59(9,10)41(3,4)5)34(56-58(50)53-8)32(55-39)24-54-42(27-14-12-11-13-15-27,28-16-20-30(51-6)21-17-28)29-18-22-31(52-7)23-19-29/h11-23,25-26,32,34-35,39,58H,24H2,1-10H3,(H2,44,45,46,48,49)/t32-,34?,35+,39-/m1/s1. The Morgan fingerprint density at radius 1 is 0.915 bits per heavy atom. The molecular formula is C42H54N5O10PSi. The van der Waals surface area contributed by atoms with Crippen molar-refractivity contribution in [3.63, 3.8) is 0 Å². The third-order valence-corrected chi connectivity index (χ3v) is 16.3. The molecule has 5 atom stereocenters. The molecule has 59 heavy (non-hydrogen) atoms. The summed E-state index contributed by atoms with van der Waals surface area (Å²) in [7, 11) is -1.20. The zero-order valence-electron chi connectivity index (χ0n) is 35.1. The topological polar surface area (TPSA) is 174 Å². The Morgan fingerprint density at radius 3 is 2.02 bits per heavy atom. The Labute approximate surface area is 345 Å². The number of methoxy groups -OCH3 is 2. The highest BCUT2D eigenvalue weighted by Crippen LogP contribution is 2.47. The van der Waals surface area contributed by atoms with E-state index in [-0.39, 0.29) is 40.6 Å². The van der Waals surface area contributed by atoms with Gasteiger partial charge in [0.05, 0.1) is 27.2 Å². The molecule has 3 heterocycles. The van der Waals surface area contributed by atoms with Gasteiger partial charge in [0, 0.05) is 13.0 Å². The smallest absolute Gasteiger partial charge is 0.319 e. The van der Waals surface area contributed by atoms with Crippen LogP contribution < -0.4 is 20.3 Å². The van der Waals surface area contributed by atoms with E-state index in [0.29, 0.717) is 11.5 Å². The maximum absolute atomic E-state index is 13.3. The Kier molecular flexibility index (Phi) is 13.3. The molecule has 17 heteroatoms. The van der Waals surface area contributed by atoms with Crippen LogP contribution in [0.2, 0.25) is 18.1 Å². The van der Waals surface area contributed by atoms with Crippen LogP contribution in [0.5, 0.6) is 11.5 Å². The minimum Gasteiger partial charge on any atom is -0.497 e. The molecule has 0 bridgehead atoms. The van der Waals surface area contributed by atoms with Crippen LogP contribution in [-0.4, -0.2) is 80.0 Å². The SMILES string of the molecule is COc1ccc(C(OC[C@H]2O[C@@H](n3cnc4c(=O)[nH]c(NC(=O)C(C)C)nc43)[C@@H](O[Si](C)(C)C(C)(C)C)C2O[PH](=O)OC)(c2ccccc2)c2ccc(OC)cc2)cc1. The molecule has 1 aliphatic rings. The van der Waals surface area contributed by atoms with Crippen LogP contribution in [0.3, 0.4) is 0 Å². The first-order valence-electron chi connectivity index (χ1n) is 19.4. The average molecular weight is 848 g/mol. The Bertz CT molecular complexity index is 2250. The highest BCUT2D eigenvalue weighted by molar-refractivity contribution is 7.33. The lowest BCUT2D eigenvalue weighted by atomic mass is 9.80. The number of amides is 1. The molecule has 316 valence electrons. The molecule has 2 aromatic heterocycles. The minimum absolute atomic E-state index is 0.0203. The van der Waals surface area contributed by atoms with Crippen LogP contribution >= 0.6 is 8.25 Å². The lowest BCUT2D eigenvalue weighted by molar-refractivity contribution is -0.118. The van der Waals surface area contributed by atoms with E-state index in [0.717, 1.165) is 16.7 Å². The number of fused-ring (bicyclic) bond motifs is 1. The van der Waals surface area contributed by atoms with E-state index in [1.807, 2.05) is 78.9 Å². The van der Waals surface area contributed by atoms with Crippen molar-refractivity contribution in [3.05, 3.63) is 112 Å². The van der Waals surface area contributed by atoms with E-state index >= 15 is 0 Å². The van der Waals surface area contributed by atoms with Gasteiger partial charge in [-0.05, 0) is 59.1 Å². The fraction of sp³-hybridized carbons (Fsp3) is 0.429. The number of nitrogens with one attached hydrogen (secondary N) is 2. The van der Waals surface area contributed by atoms with Gasteiger partial charge >= 0.3 is 8.25 Å². The molecule has 5 aromatic rings. The van der Waals surface area contributed by atoms with E-state index in [1.165, 1.54) is 13.4 Å². The molecule has 1 saturated heterocycles. The minimum atomic E-state index is -3.08. The summed E-state index contributed by atoms with van der Waals surface area (Å²) in [5, 5.41) is 2.41. The highest BCUT2D eigenvalue weighted by atomic mass is 31.1. The first kappa shape index (κ1) is 43.9. The summed E-state index contributed by atoms with van der Waals surface area (Å²) >= 11 is 0. The third-order valence-electron chi connectivity index (χ3n) is 11.0. The monoisotopic (exact) mass is 847 g/mol. The number of hydrogen-bond donors (Lipinski definition) is 2. The number of ether oxygens (including phenoxy) is 4. The van der Waals surface area contributed by atoms with Crippen molar-refractivity contribution in [1.82, 2.24) is 19.5 Å². The predicted molar refractivity (Wildman–Crippen MR) is 227 cm³/mol. The summed E-state index contributed by atoms with van der Waals surface area (Å²) in [5.41, 5.74) is 0.776. The number of aromatic nitrogens is 4. The lowest BCUT2D eigenvalue weighted by Crippen LogP contribution is -2.49. The number of aromatic amines is 1. The van der Waals surface area contributed by atoms with Gasteiger partial charge in [-0.3, -0.25) is 29.0 Å². The van der Waals surface area contributed by atoms with Crippen molar-refractivity contribution in [2.24, 2.45) is 5.92 Å². The third kappa shape index (κ3) is 9.09. The van der Waals surface area contributed by atoms with Crippen LogP contribution in [0, 0.1) is 5.92 Å². The van der Waals surface area contributed by atoms with E-state index in [1.54, 1.807) is 32.6 Å². The molecular weight excluding hydrogens is 794 g/mol. The van der Waals surface area contributed by atoms with Gasteiger partial charge in [0.25, 0.3) is 5.56 Å². The number of carbonyl (C=O) groups excluding carboxylic acids is 1. The zero-order chi connectivity index (χ0) is 42.7. The van der Waals surface area contributed by atoms with E-state index in [4.69, 9.17) is 32.4 Å². The largest absolute Gasteiger partial charge is 0.497 e. The summed E-state index contributed by atoms with van der Waals surface area (Å²) in [6.45, 7) is 13.8. The molecule has 0 saturated carbocycles. The number of nitrogens with zero attached hydrogens (tertiary/aromatic N) is 3. The molecule has 6 rings (SSSR count). The quantitative estimate of drug-likeness (QED) is 0.0571. The number of rotatable bonds is 16. The molecule has 0 radical (unpaired) electrons. The maximum atomic E-state index is 13.3. The van der Waals surface area contributed by atoms with Crippen molar-refractivity contribution < 1.29 is 41.8 Å². The first-order chi connectivity index (χ1) is 28.0. The second-order valence-corrected chi connectivity index (χ2v) is 22.0. The fourth-order valence-electron chi connectivity index (χ4n) is 6.72. The molecule has 2 N–H and O–H groups in total. The summed E-state index contributed by atoms with van der Waals surface area (Å²) in [6.07, 6.45) is -2.45. The van der Waals surface area contributed by atoms with Crippen LogP contribution in [-0.2, 0) is 37.9 Å².